The Labute approximate surface area is 196 Å². The van der Waals surface area contributed by atoms with Crippen molar-refractivity contribution in [1.29, 1.82) is 0 Å². The van der Waals surface area contributed by atoms with E-state index in [9.17, 15) is 9.59 Å². The molecule has 1 heterocycles. The van der Waals surface area contributed by atoms with E-state index in [1.54, 1.807) is 0 Å². The van der Waals surface area contributed by atoms with Gasteiger partial charge in [0.1, 0.15) is 0 Å². The SMILES string of the molecule is CCC(=O)N1c2ccc(C)cc2[C@@H](N(C(=O)Nc2ccccc2)c2ccc(C)cc2)C[C@@H]1C. The molecule has 0 spiro atoms. The quantitative estimate of drug-likeness (QED) is 0.495. The van der Waals surface area contributed by atoms with E-state index >= 15 is 0 Å². The minimum absolute atomic E-state index is 0.0323. The number of nitrogens with zero attached hydrogens (tertiary/aromatic N) is 2. The highest BCUT2D eigenvalue weighted by Crippen LogP contribution is 2.43. The summed E-state index contributed by atoms with van der Waals surface area (Å²) in [6.07, 6.45) is 1.09. The maximum absolute atomic E-state index is 13.7. The molecule has 0 aromatic heterocycles. The Bertz CT molecular complexity index is 1140. The molecule has 1 N–H and O–H groups in total. The number of aryl methyl sites for hydroxylation is 2. The minimum Gasteiger partial charge on any atom is -0.309 e. The molecule has 2 atom stereocenters. The average molecular weight is 442 g/mol. The van der Waals surface area contributed by atoms with Crippen molar-refractivity contribution >= 4 is 29.0 Å². The lowest BCUT2D eigenvalue weighted by Crippen LogP contribution is -2.48. The van der Waals surface area contributed by atoms with Crippen molar-refractivity contribution in [2.75, 3.05) is 15.1 Å². The molecule has 1 aliphatic heterocycles. The van der Waals surface area contributed by atoms with E-state index < -0.39 is 0 Å². The molecule has 0 saturated carbocycles. The van der Waals surface area contributed by atoms with Crippen molar-refractivity contribution in [3.63, 3.8) is 0 Å². The summed E-state index contributed by atoms with van der Waals surface area (Å²) in [4.78, 5) is 30.3. The number of para-hydroxylation sites is 1. The number of urea groups is 1. The molecular weight excluding hydrogens is 410 g/mol. The molecule has 4 rings (SSSR count). The number of rotatable bonds is 4. The molecule has 33 heavy (non-hydrogen) atoms. The maximum Gasteiger partial charge on any atom is 0.326 e. The fraction of sp³-hybridized carbons (Fsp3) is 0.286. The van der Waals surface area contributed by atoms with Crippen LogP contribution in [0.2, 0.25) is 0 Å². The molecule has 3 aromatic rings. The second-order valence-electron chi connectivity index (χ2n) is 8.78. The van der Waals surface area contributed by atoms with E-state index in [1.165, 1.54) is 0 Å². The van der Waals surface area contributed by atoms with Crippen LogP contribution < -0.4 is 15.1 Å². The van der Waals surface area contributed by atoms with Crippen molar-refractivity contribution in [3.05, 3.63) is 89.5 Å². The first kappa shape index (κ1) is 22.6. The smallest absolute Gasteiger partial charge is 0.309 e. The Morgan fingerprint density at radius 1 is 0.970 bits per heavy atom. The van der Waals surface area contributed by atoms with Crippen molar-refractivity contribution < 1.29 is 9.59 Å². The lowest BCUT2D eigenvalue weighted by atomic mass is 9.89. The predicted molar refractivity (Wildman–Crippen MR) is 135 cm³/mol. The third kappa shape index (κ3) is 4.63. The first-order chi connectivity index (χ1) is 15.9. The van der Waals surface area contributed by atoms with Crippen LogP contribution >= 0.6 is 0 Å². The van der Waals surface area contributed by atoms with Gasteiger partial charge in [0.2, 0.25) is 5.91 Å². The van der Waals surface area contributed by atoms with Crippen LogP contribution in [0.3, 0.4) is 0 Å². The molecule has 5 heteroatoms. The van der Waals surface area contributed by atoms with Gasteiger partial charge in [-0.25, -0.2) is 4.79 Å². The minimum atomic E-state index is -0.206. The van der Waals surface area contributed by atoms with Gasteiger partial charge in [-0.05, 0) is 63.1 Å². The van der Waals surface area contributed by atoms with E-state index in [0.717, 1.165) is 33.8 Å². The van der Waals surface area contributed by atoms with Crippen LogP contribution in [0.1, 0.15) is 49.4 Å². The fourth-order valence-corrected chi connectivity index (χ4v) is 4.60. The highest BCUT2D eigenvalue weighted by atomic mass is 16.2. The van der Waals surface area contributed by atoms with Crippen molar-refractivity contribution in [2.24, 2.45) is 0 Å². The van der Waals surface area contributed by atoms with E-state index in [2.05, 4.69) is 18.3 Å². The fourth-order valence-electron chi connectivity index (χ4n) is 4.60. The van der Waals surface area contributed by atoms with E-state index in [0.29, 0.717) is 12.8 Å². The van der Waals surface area contributed by atoms with Crippen LogP contribution in [0.25, 0.3) is 0 Å². The maximum atomic E-state index is 13.7. The zero-order valence-corrected chi connectivity index (χ0v) is 19.7. The molecule has 0 saturated heterocycles. The van der Waals surface area contributed by atoms with Crippen LogP contribution in [0.15, 0.2) is 72.8 Å². The second kappa shape index (κ2) is 9.49. The molecular formula is C28H31N3O2. The molecule has 0 fully saturated rings. The van der Waals surface area contributed by atoms with Gasteiger partial charge < -0.3 is 10.2 Å². The normalized spacial score (nSPS) is 17.3. The van der Waals surface area contributed by atoms with Gasteiger partial charge in [-0.1, -0.05) is 60.5 Å². The number of hydrogen-bond acceptors (Lipinski definition) is 2. The molecule has 0 aliphatic carbocycles. The molecule has 3 aromatic carbocycles. The topological polar surface area (TPSA) is 52.7 Å². The molecule has 0 unspecified atom stereocenters. The molecule has 3 amide bonds. The third-order valence-electron chi connectivity index (χ3n) is 6.25. The molecule has 0 radical (unpaired) electrons. The first-order valence-corrected chi connectivity index (χ1v) is 11.5. The second-order valence-corrected chi connectivity index (χ2v) is 8.78. The largest absolute Gasteiger partial charge is 0.326 e. The molecule has 5 nitrogen and oxygen atoms in total. The number of fused-ring (bicyclic) bond motifs is 1. The monoisotopic (exact) mass is 441 g/mol. The van der Waals surface area contributed by atoms with E-state index in [-0.39, 0.29) is 24.0 Å². The zero-order chi connectivity index (χ0) is 23.5. The summed E-state index contributed by atoms with van der Waals surface area (Å²) in [6.45, 7) is 8.03. The van der Waals surface area contributed by atoms with Crippen molar-refractivity contribution in [2.45, 2.75) is 52.6 Å². The number of hydrogen-bond donors (Lipinski definition) is 1. The van der Waals surface area contributed by atoms with Gasteiger partial charge in [0.15, 0.2) is 0 Å². The molecule has 170 valence electrons. The summed E-state index contributed by atoms with van der Waals surface area (Å²) in [5, 5.41) is 3.06. The van der Waals surface area contributed by atoms with Gasteiger partial charge in [-0.15, -0.1) is 0 Å². The Balaban J connectivity index is 1.82. The van der Waals surface area contributed by atoms with Gasteiger partial charge in [0.25, 0.3) is 0 Å². The lowest BCUT2D eigenvalue weighted by molar-refractivity contribution is -0.118. The van der Waals surface area contributed by atoms with Gasteiger partial charge in [0.05, 0.1) is 6.04 Å². The van der Waals surface area contributed by atoms with Crippen LogP contribution in [-0.4, -0.2) is 18.0 Å². The number of benzene rings is 3. The summed E-state index contributed by atoms with van der Waals surface area (Å²) in [5.74, 6) is 0.0988. The highest BCUT2D eigenvalue weighted by Gasteiger charge is 2.38. The summed E-state index contributed by atoms with van der Waals surface area (Å²) in [5.41, 5.74) is 5.70. The third-order valence-corrected chi connectivity index (χ3v) is 6.25. The van der Waals surface area contributed by atoms with Gasteiger partial charge in [0, 0.05) is 29.5 Å². The number of amides is 3. The van der Waals surface area contributed by atoms with Crippen molar-refractivity contribution in [3.8, 4) is 0 Å². The lowest BCUT2D eigenvalue weighted by Gasteiger charge is -2.43. The van der Waals surface area contributed by atoms with E-state index in [4.69, 9.17) is 0 Å². The Hall–Kier alpha value is -3.60. The standard InChI is InChI=1S/C28H31N3O2/c1-5-27(32)30-21(4)18-26(24-17-20(3)13-16-25(24)30)31(23-14-11-19(2)12-15-23)28(33)29-22-9-7-6-8-10-22/h6-17,21,26H,5,18H2,1-4H3,(H,29,33)/t21-,26-/m0/s1. The zero-order valence-electron chi connectivity index (χ0n) is 19.7. The first-order valence-electron chi connectivity index (χ1n) is 11.5. The van der Waals surface area contributed by atoms with Crippen LogP contribution in [0.5, 0.6) is 0 Å². The van der Waals surface area contributed by atoms with Gasteiger partial charge in [-0.2, -0.15) is 0 Å². The van der Waals surface area contributed by atoms with Crippen molar-refractivity contribution in [1.82, 2.24) is 0 Å². The van der Waals surface area contributed by atoms with Crippen LogP contribution in [0, 0.1) is 13.8 Å². The van der Waals surface area contributed by atoms with Gasteiger partial charge in [-0.3, -0.25) is 9.69 Å². The molecule has 0 bridgehead atoms. The summed E-state index contributed by atoms with van der Waals surface area (Å²) < 4.78 is 0. The Morgan fingerprint density at radius 2 is 1.64 bits per heavy atom. The highest BCUT2D eigenvalue weighted by molar-refractivity contribution is 6.03. The van der Waals surface area contributed by atoms with Crippen LogP contribution in [0.4, 0.5) is 21.9 Å². The predicted octanol–water partition coefficient (Wildman–Crippen LogP) is 6.62. The Kier molecular flexibility index (Phi) is 6.50. The van der Waals surface area contributed by atoms with Gasteiger partial charge >= 0.3 is 6.03 Å². The summed E-state index contributed by atoms with van der Waals surface area (Å²) in [7, 11) is 0. The number of carbonyl (C=O) groups excluding carboxylic acids is 2. The Morgan fingerprint density at radius 3 is 2.30 bits per heavy atom. The average Bonchev–Trinajstić information content (AvgIpc) is 2.81. The van der Waals surface area contributed by atoms with E-state index in [1.807, 2.05) is 97.3 Å². The van der Waals surface area contributed by atoms with Crippen LogP contribution in [-0.2, 0) is 4.79 Å². The number of carbonyl (C=O) groups is 2. The number of nitrogens with one attached hydrogen (secondary N) is 1. The summed E-state index contributed by atoms with van der Waals surface area (Å²) in [6, 6.07) is 23.3. The molecule has 1 aliphatic rings. The summed E-state index contributed by atoms with van der Waals surface area (Å²) >= 11 is 0. The number of anilines is 3.